The Morgan fingerprint density at radius 3 is 3.07 bits per heavy atom. The average molecular weight is 212 g/mol. The molecule has 2 N–H and O–H groups in total. The number of hydrogen-bond donors (Lipinski definition) is 1. The average Bonchev–Trinajstić information content (AvgIpc) is 2.52. The topological polar surface area (TPSA) is 56.7 Å². The highest BCUT2D eigenvalue weighted by molar-refractivity contribution is 7.99. The van der Waals surface area contributed by atoms with E-state index in [1.807, 2.05) is 23.4 Å². The molecule has 2 atom stereocenters. The maximum Gasteiger partial charge on any atom is 0.191 e. The maximum atomic E-state index is 5.94. The Balaban J connectivity index is 1.94. The van der Waals surface area contributed by atoms with Gasteiger partial charge in [-0.05, 0) is 19.3 Å². The minimum atomic E-state index is 0.384. The number of aromatic nitrogens is 3. The van der Waals surface area contributed by atoms with Crippen LogP contribution in [0.2, 0.25) is 0 Å². The van der Waals surface area contributed by atoms with Crippen molar-refractivity contribution < 1.29 is 0 Å². The molecule has 1 aromatic heterocycles. The summed E-state index contributed by atoms with van der Waals surface area (Å²) in [7, 11) is 1.98. The third-order valence-electron chi connectivity index (χ3n) is 2.61. The third kappa shape index (κ3) is 2.27. The number of aryl methyl sites for hydroxylation is 1. The number of nitrogens with zero attached hydrogens (tertiary/aromatic N) is 3. The van der Waals surface area contributed by atoms with E-state index < -0.39 is 0 Å². The predicted octanol–water partition coefficient (Wildman–Crippen LogP) is 1.18. The number of hydrogen-bond acceptors (Lipinski definition) is 4. The maximum absolute atomic E-state index is 5.94. The van der Waals surface area contributed by atoms with Crippen molar-refractivity contribution in [3.63, 3.8) is 0 Å². The first kappa shape index (κ1) is 9.98. The summed E-state index contributed by atoms with van der Waals surface area (Å²) in [5.74, 6) is 0. The van der Waals surface area contributed by atoms with Gasteiger partial charge < -0.3 is 10.3 Å². The van der Waals surface area contributed by atoms with E-state index >= 15 is 0 Å². The van der Waals surface area contributed by atoms with E-state index in [0.717, 1.165) is 11.6 Å². The lowest BCUT2D eigenvalue weighted by molar-refractivity contribution is 0.450. The van der Waals surface area contributed by atoms with Gasteiger partial charge in [-0.3, -0.25) is 0 Å². The van der Waals surface area contributed by atoms with Crippen LogP contribution in [0.1, 0.15) is 25.7 Å². The third-order valence-corrected chi connectivity index (χ3v) is 3.95. The summed E-state index contributed by atoms with van der Waals surface area (Å²) in [5, 5.41) is 9.57. The van der Waals surface area contributed by atoms with Crippen LogP contribution in [0.15, 0.2) is 11.5 Å². The number of thioether (sulfide) groups is 1. The van der Waals surface area contributed by atoms with Crippen molar-refractivity contribution >= 4 is 11.8 Å². The van der Waals surface area contributed by atoms with Gasteiger partial charge >= 0.3 is 0 Å². The molecule has 14 heavy (non-hydrogen) atoms. The summed E-state index contributed by atoms with van der Waals surface area (Å²) in [6.45, 7) is 0. The summed E-state index contributed by atoms with van der Waals surface area (Å²) in [6.07, 6.45) is 6.53. The van der Waals surface area contributed by atoms with E-state index in [1.165, 1.54) is 19.3 Å². The van der Waals surface area contributed by atoms with E-state index in [0.29, 0.717) is 11.3 Å². The van der Waals surface area contributed by atoms with Crippen LogP contribution in [0.3, 0.4) is 0 Å². The Kier molecular flexibility index (Phi) is 3.08. The van der Waals surface area contributed by atoms with Gasteiger partial charge in [0.1, 0.15) is 6.33 Å². The molecule has 1 aliphatic carbocycles. The molecule has 78 valence electrons. The number of nitrogens with two attached hydrogens (primary N) is 1. The van der Waals surface area contributed by atoms with Crippen LogP contribution in [-0.2, 0) is 7.05 Å². The van der Waals surface area contributed by atoms with E-state index in [-0.39, 0.29) is 0 Å². The Labute approximate surface area is 88.3 Å². The Morgan fingerprint density at radius 2 is 2.43 bits per heavy atom. The first-order valence-corrected chi connectivity index (χ1v) is 5.90. The largest absolute Gasteiger partial charge is 0.328 e. The van der Waals surface area contributed by atoms with Gasteiger partial charge in [-0.1, -0.05) is 18.2 Å². The summed E-state index contributed by atoms with van der Waals surface area (Å²) >= 11 is 1.81. The fourth-order valence-corrected chi connectivity index (χ4v) is 3.05. The van der Waals surface area contributed by atoms with Crippen molar-refractivity contribution in [2.45, 2.75) is 42.1 Å². The molecule has 1 aliphatic rings. The van der Waals surface area contributed by atoms with E-state index in [1.54, 1.807) is 6.33 Å². The minimum Gasteiger partial charge on any atom is -0.328 e. The quantitative estimate of drug-likeness (QED) is 0.799. The smallest absolute Gasteiger partial charge is 0.191 e. The zero-order valence-electron chi connectivity index (χ0n) is 8.39. The van der Waals surface area contributed by atoms with E-state index in [9.17, 15) is 0 Å². The molecule has 2 unspecified atom stereocenters. The summed E-state index contributed by atoms with van der Waals surface area (Å²) in [5.41, 5.74) is 5.94. The lowest BCUT2D eigenvalue weighted by atomic mass is 9.96. The molecule has 4 nitrogen and oxygen atoms in total. The molecule has 1 saturated carbocycles. The van der Waals surface area contributed by atoms with Crippen LogP contribution < -0.4 is 5.73 Å². The van der Waals surface area contributed by atoms with Crippen molar-refractivity contribution in [1.29, 1.82) is 0 Å². The second kappa shape index (κ2) is 4.31. The first-order valence-electron chi connectivity index (χ1n) is 5.02. The predicted molar refractivity (Wildman–Crippen MR) is 57.1 cm³/mol. The lowest BCUT2D eigenvalue weighted by Gasteiger charge is -2.25. The molecule has 0 radical (unpaired) electrons. The highest BCUT2D eigenvalue weighted by Gasteiger charge is 2.21. The van der Waals surface area contributed by atoms with Gasteiger partial charge in [-0.25, -0.2) is 0 Å². The first-order chi connectivity index (χ1) is 6.75. The molecular formula is C9H16N4S. The standard InChI is InChI=1S/C9H16N4S/c1-13-6-11-12-9(13)14-8-4-2-3-7(10)5-8/h6-8H,2-5,10H2,1H3. The molecule has 1 heterocycles. The van der Waals surface area contributed by atoms with Crippen molar-refractivity contribution in [1.82, 2.24) is 14.8 Å². The van der Waals surface area contributed by atoms with Crippen molar-refractivity contribution in [2.75, 3.05) is 0 Å². The van der Waals surface area contributed by atoms with Gasteiger partial charge in [-0.2, -0.15) is 0 Å². The Hall–Kier alpha value is -0.550. The molecule has 0 spiro atoms. The number of rotatable bonds is 2. The van der Waals surface area contributed by atoms with Gasteiger partial charge in [-0.15, -0.1) is 10.2 Å². The summed E-state index contributed by atoms with van der Waals surface area (Å²) in [6, 6.07) is 0.384. The SMILES string of the molecule is Cn1cnnc1SC1CCCC(N)C1. The van der Waals surface area contributed by atoms with Crippen LogP contribution in [-0.4, -0.2) is 26.1 Å². The highest BCUT2D eigenvalue weighted by Crippen LogP contribution is 2.31. The van der Waals surface area contributed by atoms with E-state index in [2.05, 4.69) is 10.2 Å². The molecular weight excluding hydrogens is 196 g/mol. The Bertz CT molecular complexity index is 299. The second-order valence-corrected chi connectivity index (χ2v) is 5.16. The molecule has 5 heteroatoms. The molecule has 0 amide bonds. The van der Waals surface area contributed by atoms with Gasteiger partial charge in [0.25, 0.3) is 0 Å². The van der Waals surface area contributed by atoms with Gasteiger partial charge in [0.2, 0.25) is 0 Å². The lowest BCUT2D eigenvalue weighted by Crippen LogP contribution is -2.29. The molecule has 1 fully saturated rings. The monoisotopic (exact) mass is 212 g/mol. The van der Waals surface area contributed by atoms with Gasteiger partial charge in [0, 0.05) is 18.3 Å². The van der Waals surface area contributed by atoms with Crippen molar-refractivity contribution in [3.05, 3.63) is 6.33 Å². The molecule has 2 rings (SSSR count). The van der Waals surface area contributed by atoms with Crippen LogP contribution in [0, 0.1) is 0 Å². The zero-order chi connectivity index (χ0) is 9.97. The highest BCUT2D eigenvalue weighted by atomic mass is 32.2. The van der Waals surface area contributed by atoms with Crippen molar-refractivity contribution in [3.8, 4) is 0 Å². The normalized spacial score (nSPS) is 27.9. The molecule has 0 aliphatic heterocycles. The summed E-state index contributed by atoms with van der Waals surface area (Å²) in [4.78, 5) is 0. The summed E-state index contributed by atoms with van der Waals surface area (Å²) < 4.78 is 1.96. The van der Waals surface area contributed by atoms with Crippen LogP contribution >= 0.6 is 11.8 Å². The zero-order valence-corrected chi connectivity index (χ0v) is 9.20. The molecule has 1 aromatic rings. The van der Waals surface area contributed by atoms with Crippen molar-refractivity contribution in [2.24, 2.45) is 12.8 Å². The molecule has 0 bridgehead atoms. The Morgan fingerprint density at radius 1 is 1.57 bits per heavy atom. The molecule has 0 aromatic carbocycles. The van der Waals surface area contributed by atoms with E-state index in [4.69, 9.17) is 5.73 Å². The van der Waals surface area contributed by atoms with Crippen LogP contribution in [0.25, 0.3) is 0 Å². The fraction of sp³-hybridized carbons (Fsp3) is 0.778. The van der Waals surface area contributed by atoms with Gasteiger partial charge in [0.05, 0.1) is 0 Å². The second-order valence-electron chi connectivity index (χ2n) is 3.89. The van der Waals surface area contributed by atoms with Crippen LogP contribution in [0.4, 0.5) is 0 Å². The van der Waals surface area contributed by atoms with Gasteiger partial charge in [0.15, 0.2) is 5.16 Å². The van der Waals surface area contributed by atoms with Crippen LogP contribution in [0.5, 0.6) is 0 Å². The minimum absolute atomic E-state index is 0.384. The molecule has 0 saturated heterocycles. The fourth-order valence-electron chi connectivity index (χ4n) is 1.82.